The molecule has 2 rings (SSSR count). The van der Waals surface area contributed by atoms with Crippen molar-refractivity contribution in [2.45, 2.75) is 34.2 Å². The number of pyridine rings is 1. The standard InChI is InChI=1S/C18H25N3/c1-6-19-12-16-10-15(4)20-18(11-16)21(5)17-8-7-13(2)9-14(17)3/h7-11,19H,6,12H2,1-5H3. The Morgan fingerprint density at radius 3 is 2.52 bits per heavy atom. The second-order valence-corrected chi connectivity index (χ2v) is 5.60. The minimum atomic E-state index is 0.883. The van der Waals surface area contributed by atoms with Gasteiger partial charge < -0.3 is 10.2 Å². The van der Waals surface area contributed by atoms with Crippen LogP contribution in [0.15, 0.2) is 30.3 Å². The summed E-state index contributed by atoms with van der Waals surface area (Å²) in [5.41, 5.74) is 6.09. The molecular formula is C18H25N3. The largest absolute Gasteiger partial charge is 0.329 e. The first-order valence-electron chi connectivity index (χ1n) is 7.50. The molecule has 0 atom stereocenters. The summed E-state index contributed by atoms with van der Waals surface area (Å²) in [5.74, 6) is 0.995. The summed E-state index contributed by atoms with van der Waals surface area (Å²) in [5, 5.41) is 3.37. The highest BCUT2D eigenvalue weighted by Gasteiger charge is 2.10. The van der Waals surface area contributed by atoms with Crippen molar-refractivity contribution in [2.24, 2.45) is 0 Å². The predicted octanol–water partition coefficient (Wildman–Crippen LogP) is 3.88. The van der Waals surface area contributed by atoms with E-state index < -0.39 is 0 Å². The molecule has 0 bridgehead atoms. The van der Waals surface area contributed by atoms with Gasteiger partial charge in [0.2, 0.25) is 0 Å². The summed E-state index contributed by atoms with van der Waals surface area (Å²) in [6, 6.07) is 10.8. The van der Waals surface area contributed by atoms with Crippen LogP contribution in [-0.2, 0) is 6.54 Å². The third-order valence-corrected chi connectivity index (χ3v) is 3.64. The number of nitrogens with zero attached hydrogens (tertiary/aromatic N) is 2. The first-order chi connectivity index (χ1) is 10.0. The molecule has 0 saturated carbocycles. The van der Waals surface area contributed by atoms with Gasteiger partial charge in [0.25, 0.3) is 0 Å². The smallest absolute Gasteiger partial charge is 0.133 e. The number of rotatable bonds is 5. The van der Waals surface area contributed by atoms with Gasteiger partial charge in [-0.25, -0.2) is 4.98 Å². The Hall–Kier alpha value is -1.87. The van der Waals surface area contributed by atoms with E-state index in [-0.39, 0.29) is 0 Å². The molecule has 0 fully saturated rings. The number of aryl methyl sites for hydroxylation is 3. The highest BCUT2D eigenvalue weighted by atomic mass is 15.2. The van der Waals surface area contributed by atoms with Gasteiger partial charge in [0.15, 0.2) is 0 Å². The highest BCUT2D eigenvalue weighted by molar-refractivity contribution is 5.64. The molecule has 112 valence electrons. The van der Waals surface area contributed by atoms with Crippen LogP contribution in [0, 0.1) is 20.8 Å². The van der Waals surface area contributed by atoms with E-state index in [1.165, 1.54) is 22.4 Å². The van der Waals surface area contributed by atoms with Gasteiger partial charge in [-0.3, -0.25) is 0 Å². The molecule has 0 aliphatic carbocycles. The summed E-state index contributed by atoms with van der Waals surface area (Å²) < 4.78 is 0. The monoisotopic (exact) mass is 283 g/mol. The van der Waals surface area contributed by atoms with Crippen LogP contribution in [0.25, 0.3) is 0 Å². The number of anilines is 2. The van der Waals surface area contributed by atoms with Crippen LogP contribution in [-0.4, -0.2) is 18.6 Å². The maximum absolute atomic E-state index is 4.68. The molecule has 0 amide bonds. The van der Waals surface area contributed by atoms with Gasteiger partial charge in [-0.1, -0.05) is 24.6 Å². The fourth-order valence-electron chi connectivity index (χ4n) is 2.57. The number of benzene rings is 1. The SMILES string of the molecule is CCNCc1cc(C)nc(N(C)c2ccc(C)cc2C)c1. The Morgan fingerprint density at radius 2 is 1.86 bits per heavy atom. The first kappa shape index (κ1) is 15.5. The van der Waals surface area contributed by atoms with Crippen molar-refractivity contribution in [2.75, 3.05) is 18.5 Å². The molecule has 0 spiro atoms. The van der Waals surface area contributed by atoms with Gasteiger partial charge >= 0.3 is 0 Å². The van der Waals surface area contributed by atoms with Gasteiger partial charge in [0.05, 0.1) is 0 Å². The van der Waals surface area contributed by atoms with Crippen molar-refractivity contribution in [3.63, 3.8) is 0 Å². The molecular weight excluding hydrogens is 258 g/mol. The van der Waals surface area contributed by atoms with Gasteiger partial charge in [-0.15, -0.1) is 0 Å². The van der Waals surface area contributed by atoms with E-state index in [1.54, 1.807) is 0 Å². The maximum atomic E-state index is 4.68. The minimum Gasteiger partial charge on any atom is -0.329 e. The van der Waals surface area contributed by atoms with E-state index in [1.807, 2.05) is 0 Å². The van der Waals surface area contributed by atoms with Crippen molar-refractivity contribution in [1.29, 1.82) is 0 Å². The zero-order valence-electron chi connectivity index (χ0n) is 13.7. The lowest BCUT2D eigenvalue weighted by atomic mass is 10.1. The zero-order valence-corrected chi connectivity index (χ0v) is 13.7. The lowest BCUT2D eigenvalue weighted by Gasteiger charge is -2.22. The van der Waals surface area contributed by atoms with Crippen molar-refractivity contribution in [1.82, 2.24) is 10.3 Å². The number of aromatic nitrogens is 1. The van der Waals surface area contributed by atoms with Crippen molar-refractivity contribution >= 4 is 11.5 Å². The molecule has 0 unspecified atom stereocenters. The molecule has 1 aromatic carbocycles. The Morgan fingerprint density at radius 1 is 1.10 bits per heavy atom. The molecule has 3 nitrogen and oxygen atoms in total. The summed E-state index contributed by atoms with van der Waals surface area (Å²) in [4.78, 5) is 6.84. The highest BCUT2D eigenvalue weighted by Crippen LogP contribution is 2.27. The molecule has 0 aliphatic heterocycles. The lowest BCUT2D eigenvalue weighted by Crippen LogP contribution is -2.16. The molecule has 0 saturated heterocycles. The maximum Gasteiger partial charge on any atom is 0.133 e. The Labute approximate surface area is 128 Å². The van der Waals surface area contributed by atoms with Crippen LogP contribution >= 0.6 is 0 Å². The second kappa shape index (κ2) is 6.72. The van der Waals surface area contributed by atoms with E-state index in [2.05, 4.69) is 80.3 Å². The average molecular weight is 283 g/mol. The van der Waals surface area contributed by atoms with Gasteiger partial charge in [-0.05, 0) is 56.6 Å². The van der Waals surface area contributed by atoms with Crippen LogP contribution in [0.2, 0.25) is 0 Å². The van der Waals surface area contributed by atoms with Crippen molar-refractivity contribution < 1.29 is 0 Å². The van der Waals surface area contributed by atoms with Crippen LogP contribution in [0.1, 0.15) is 29.3 Å². The summed E-state index contributed by atoms with van der Waals surface area (Å²) in [6.45, 7) is 10.3. The summed E-state index contributed by atoms with van der Waals surface area (Å²) >= 11 is 0. The Kier molecular flexibility index (Phi) is 4.97. The quantitative estimate of drug-likeness (QED) is 0.902. The van der Waals surface area contributed by atoms with Crippen LogP contribution in [0.4, 0.5) is 11.5 Å². The predicted molar refractivity (Wildman–Crippen MR) is 90.3 cm³/mol. The topological polar surface area (TPSA) is 28.2 Å². The zero-order chi connectivity index (χ0) is 15.4. The van der Waals surface area contributed by atoms with Crippen LogP contribution in [0.5, 0.6) is 0 Å². The van der Waals surface area contributed by atoms with Gasteiger partial charge in [-0.2, -0.15) is 0 Å². The van der Waals surface area contributed by atoms with Crippen molar-refractivity contribution in [3.05, 3.63) is 52.7 Å². The van der Waals surface area contributed by atoms with E-state index in [0.717, 1.165) is 24.6 Å². The van der Waals surface area contributed by atoms with E-state index in [9.17, 15) is 0 Å². The molecule has 2 aromatic rings. The minimum absolute atomic E-state index is 0.883. The van der Waals surface area contributed by atoms with E-state index >= 15 is 0 Å². The van der Waals surface area contributed by atoms with Gasteiger partial charge in [0, 0.05) is 25.0 Å². The number of hydrogen-bond acceptors (Lipinski definition) is 3. The number of hydrogen-bond donors (Lipinski definition) is 1. The molecule has 1 N–H and O–H groups in total. The average Bonchev–Trinajstić information content (AvgIpc) is 2.44. The van der Waals surface area contributed by atoms with E-state index in [4.69, 9.17) is 0 Å². The molecule has 0 aliphatic rings. The van der Waals surface area contributed by atoms with E-state index in [0.29, 0.717) is 0 Å². The van der Waals surface area contributed by atoms with Crippen LogP contribution < -0.4 is 10.2 Å². The van der Waals surface area contributed by atoms with Crippen LogP contribution in [0.3, 0.4) is 0 Å². The van der Waals surface area contributed by atoms with Gasteiger partial charge in [0.1, 0.15) is 5.82 Å². The molecule has 1 heterocycles. The second-order valence-electron chi connectivity index (χ2n) is 5.60. The molecule has 21 heavy (non-hydrogen) atoms. The molecule has 0 radical (unpaired) electrons. The third-order valence-electron chi connectivity index (χ3n) is 3.64. The van der Waals surface area contributed by atoms with Crippen molar-refractivity contribution in [3.8, 4) is 0 Å². The first-order valence-corrected chi connectivity index (χ1v) is 7.50. The summed E-state index contributed by atoms with van der Waals surface area (Å²) in [7, 11) is 2.08. The molecule has 3 heteroatoms. The summed E-state index contributed by atoms with van der Waals surface area (Å²) in [6.07, 6.45) is 0. The molecule has 1 aromatic heterocycles. The number of nitrogens with one attached hydrogen (secondary N) is 1. The Bertz CT molecular complexity index is 620. The lowest BCUT2D eigenvalue weighted by molar-refractivity contribution is 0.725. The fourth-order valence-corrected chi connectivity index (χ4v) is 2.57. The Balaban J connectivity index is 2.33. The third kappa shape index (κ3) is 3.82. The fraction of sp³-hybridized carbons (Fsp3) is 0.389. The normalized spacial score (nSPS) is 10.7.